The number of ether oxygens (including phenoxy) is 1. The van der Waals surface area contributed by atoms with Crippen LogP contribution in [0.15, 0.2) is 50.8 Å². The number of amides is 2. The van der Waals surface area contributed by atoms with E-state index < -0.39 is 25.8 Å². The van der Waals surface area contributed by atoms with Gasteiger partial charge in [0.05, 0.1) is 11.5 Å². The fourth-order valence-electron chi connectivity index (χ4n) is 3.25. The molecule has 0 atom stereocenters. The third-order valence-electron chi connectivity index (χ3n) is 5.07. The van der Waals surface area contributed by atoms with Crippen molar-refractivity contribution in [3.63, 3.8) is 0 Å². The summed E-state index contributed by atoms with van der Waals surface area (Å²) in [6, 6.07) is 8.42. The highest BCUT2D eigenvalue weighted by Gasteiger charge is 2.32. The number of nitrogens with two attached hydrogens (primary N) is 1. The predicted octanol–water partition coefficient (Wildman–Crippen LogP) is 0.474. The number of nitrogens with zero attached hydrogens (tertiary/aromatic N) is 2. The lowest BCUT2D eigenvalue weighted by molar-refractivity contribution is -0.132. The first-order valence-corrected chi connectivity index (χ1v) is 13.4. The molecule has 1 aromatic heterocycles. The van der Waals surface area contributed by atoms with Gasteiger partial charge in [-0.2, -0.15) is 4.31 Å². The summed E-state index contributed by atoms with van der Waals surface area (Å²) in [5.41, 5.74) is 5.09. The Morgan fingerprint density at radius 3 is 2.18 bits per heavy atom. The van der Waals surface area contributed by atoms with E-state index in [4.69, 9.17) is 14.9 Å². The predicted molar refractivity (Wildman–Crippen MR) is 117 cm³/mol. The van der Waals surface area contributed by atoms with Gasteiger partial charge in [-0.1, -0.05) is 0 Å². The number of hydrogen-bond acceptors (Lipinski definition) is 8. The summed E-state index contributed by atoms with van der Waals surface area (Å²) in [5.74, 6) is -0.708. The van der Waals surface area contributed by atoms with Gasteiger partial charge in [0.25, 0.3) is 15.9 Å². The van der Waals surface area contributed by atoms with Crippen LogP contribution in [0, 0.1) is 0 Å². The molecule has 1 saturated heterocycles. The molecule has 2 amide bonds. The summed E-state index contributed by atoms with van der Waals surface area (Å²) in [4.78, 5) is 25.3. The van der Waals surface area contributed by atoms with E-state index in [1.807, 2.05) is 0 Å². The van der Waals surface area contributed by atoms with Gasteiger partial charge >= 0.3 is 0 Å². The molecule has 0 bridgehead atoms. The van der Waals surface area contributed by atoms with E-state index in [2.05, 4.69) is 0 Å². The molecular formula is C20H25N3O8S2. The van der Waals surface area contributed by atoms with Crippen molar-refractivity contribution in [3.8, 4) is 5.75 Å². The monoisotopic (exact) mass is 499 g/mol. The molecule has 11 nitrogen and oxygen atoms in total. The molecule has 0 spiro atoms. The number of hydrogen-bond donors (Lipinski definition) is 1. The summed E-state index contributed by atoms with van der Waals surface area (Å²) < 4.78 is 60.0. The lowest BCUT2D eigenvalue weighted by Gasteiger charge is -2.33. The number of carbonyl (C=O) groups is 2. The molecule has 13 heteroatoms. The number of benzene rings is 1. The Balaban J connectivity index is 1.43. The van der Waals surface area contributed by atoms with Gasteiger partial charge in [-0.05, 0) is 42.8 Å². The zero-order valence-electron chi connectivity index (χ0n) is 18.0. The fourth-order valence-corrected chi connectivity index (χ4v) is 5.21. The van der Waals surface area contributed by atoms with Gasteiger partial charge in [-0.25, -0.2) is 16.8 Å². The first kappa shape index (κ1) is 24.7. The zero-order chi connectivity index (χ0) is 24.2. The topological polar surface area (TPSA) is 157 Å². The molecule has 0 unspecified atom stereocenters. The molecule has 2 aromatic rings. The van der Waals surface area contributed by atoms with Gasteiger partial charge < -0.3 is 19.8 Å². The van der Waals surface area contributed by atoms with Gasteiger partial charge in [-0.3, -0.25) is 9.59 Å². The smallest absolute Gasteiger partial charge is 0.284 e. The number of carbonyl (C=O) groups excluding carboxylic acids is 2. The van der Waals surface area contributed by atoms with E-state index in [0.717, 1.165) is 6.26 Å². The van der Waals surface area contributed by atoms with Crippen LogP contribution in [-0.2, 0) is 24.7 Å². The van der Waals surface area contributed by atoms with Crippen molar-refractivity contribution in [2.45, 2.75) is 22.8 Å². The van der Waals surface area contributed by atoms with Gasteiger partial charge in [0.1, 0.15) is 5.75 Å². The van der Waals surface area contributed by atoms with E-state index in [1.54, 1.807) is 17.0 Å². The highest BCUT2D eigenvalue weighted by atomic mass is 32.2. The summed E-state index contributed by atoms with van der Waals surface area (Å²) in [7, 11) is -7.20. The number of rotatable bonds is 9. The quantitative estimate of drug-likeness (QED) is 0.488. The van der Waals surface area contributed by atoms with Gasteiger partial charge in [0.2, 0.25) is 11.0 Å². The van der Waals surface area contributed by atoms with Gasteiger partial charge in [0, 0.05) is 38.9 Å². The Morgan fingerprint density at radius 1 is 1.00 bits per heavy atom. The van der Waals surface area contributed by atoms with Crippen LogP contribution in [0.4, 0.5) is 0 Å². The van der Waals surface area contributed by atoms with E-state index in [9.17, 15) is 26.4 Å². The van der Waals surface area contributed by atoms with E-state index in [1.165, 1.54) is 28.6 Å². The molecule has 3 rings (SSSR count). The van der Waals surface area contributed by atoms with Crippen molar-refractivity contribution in [1.29, 1.82) is 0 Å². The Hall–Kier alpha value is -2.90. The summed E-state index contributed by atoms with van der Waals surface area (Å²) in [6.45, 7) is 0.942. The first-order valence-electron chi connectivity index (χ1n) is 10.1. The molecule has 2 heterocycles. The fraction of sp³-hybridized carbons (Fsp3) is 0.400. The van der Waals surface area contributed by atoms with Gasteiger partial charge in [0.15, 0.2) is 15.6 Å². The van der Waals surface area contributed by atoms with Crippen LogP contribution in [-0.4, -0.2) is 76.9 Å². The minimum absolute atomic E-state index is 0.101. The normalized spacial score (nSPS) is 15.4. The van der Waals surface area contributed by atoms with Crippen LogP contribution >= 0.6 is 0 Å². The highest BCUT2D eigenvalue weighted by molar-refractivity contribution is 7.90. The number of piperazine rings is 1. The van der Waals surface area contributed by atoms with Gasteiger partial charge in [-0.15, -0.1) is 0 Å². The minimum atomic E-state index is -3.92. The molecule has 0 saturated carbocycles. The largest absolute Gasteiger partial charge is 0.494 e. The second-order valence-corrected chi connectivity index (χ2v) is 11.3. The zero-order valence-corrected chi connectivity index (χ0v) is 19.6. The average molecular weight is 500 g/mol. The lowest BCUT2D eigenvalue weighted by atomic mass is 10.2. The Kier molecular flexibility index (Phi) is 7.44. The van der Waals surface area contributed by atoms with Crippen LogP contribution in [0.1, 0.15) is 23.4 Å². The van der Waals surface area contributed by atoms with Crippen LogP contribution < -0.4 is 10.5 Å². The Labute approximate surface area is 192 Å². The maximum Gasteiger partial charge on any atom is 0.284 e. The Morgan fingerprint density at radius 2 is 1.64 bits per heavy atom. The minimum Gasteiger partial charge on any atom is -0.494 e. The molecule has 0 aliphatic carbocycles. The standard InChI is InChI=1S/C20H25N3O8S2/c1-32(26,27)16-6-4-15(5-7-16)30-14-2-3-18(24)22-10-12-23(13-11-22)33(28,29)19-9-8-17(31-19)20(21)25/h4-9H,2-3,10-14H2,1H3,(H2,21,25). The van der Waals surface area contributed by atoms with Crippen molar-refractivity contribution in [3.05, 3.63) is 42.2 Å². The van der Waals surface area contributed by atoms with Crippen LogP contribution in [0.3, 0.4) is 0 Å². The molecule has 180 valence electrons. The van der Waals surface area contributed by atoms with Crippen molar-refractivity contribution >= 4 is 31.7 Å². The van der Waals surface area contributed by atoms with Crippen LogP contribution in [0.25, 0.3) is 0 Å². The molecular weight excluding hydrogens is 474 g/mol. The molecule has 0 radical (unpaired) electrons. The summed E-state index contributed by atoms with van der Waals surface area (Å²) >= 11 is 0. The second kappa shape index (κ2) is 9.93. The number of sulfonamides is 1. The summed E-state index contributed by atoms with van der Waals surface area (Å²) in [6.07, 6.45) is 1.81. The van der Waals surface area contributed by atoms with Crippen molar-refractivity contribution < 1.29 is 35.6 Å². The lowest BCUT2D eigenvalue weighted by Crippen LogP contribution is -2.50. The molecule has 1 aliphatic rings. The van der Waals surface area contributed by atoms with Crippen molar-refractivity contribution in [2.24, 2.45) is 5.73 Å². The number of sulfone groups is 1. The molecule has 1 fully saturated rings. The highest BCUT2D eigenvalue weighted by Crippen LogP contribution is 2.21. The average Bonchev–Trinajstić information content (AvgIpc) is 3.28. The first-order chi connectivity index (χ1) is 15.5. The maximum absolute atomic E-state index is 12.6. The Bertz CT molecular complexity index is 1210. The number of primary amides is 1. The van der Waals surface area contributed by atoms with Crippen molar-refractivity contribution in [2.75, 3.05) is 39.0 Å². The van der Waals surface area contributed by atoms with Crippen LogP contribution in [0.2, 0.25) is 0 Å². The van der Waals surface area contributed by atoms with E-state index >= 15 is 0 Å². The molecule has 1 aliphatic heterocycles. The number of furan rings is 1. The van der Waals surface area contributed by atoms with E-state index in [-0.39, 0.29) is 60.9 Å². The van der Waals surface area contributed by atoms with Crippen LogP contribution in [0.5, 0.6) is 5.75 Å². The third-order valence-corrected chi connectivity index (χ3v) is 7.97. The maximum atomic E-state index is 12.6. The van der Waals surface area contributed by atoms with Crippen molar-refractivity contribution in [1.82, 2.24) is 9.21 Å². The molecule has 2 N–H and O–H groups in total. The SMILES string of the molecule is CS(=O)(=O)c1ccc(OCCCC(=O)N2CCN(S(=O)(=O)c3ccc(C(N)=O)o3)CC2)cc1. The summed E-state index contributed by atoms with van der Waals surface area (Å²) in [5, 5.41) is -0.363. The molecule has 1 aromatic carbocycles. The molecule has 33 heavy (non-hydrogen) atoms. The second-order valence-electron chi connectivity index (χ2n) is 7.46. The third kappa shape index (κ3) is 6.12. The van der Waals surface area contributed by atoms with E-state index in [0.29, 0.717) is 12.2 Å².